The topological polar surface area (TPSA) is 126 Å². The molecule has 0 aliphatic rings. The SMILES string of the molecule is CCOC(=O)c1cccc(NC(=O)C(CC)n2cnc3sc(C(=O)OCCOC)c(C)c3c2=O)c1. The van der Waals surface area contributed by atoms with Gasteiger partial charge < -0.3 is 19.5 Å². The van der Waals surface area contributed by atoms with E-state index in [1.165, 1.54) is 24.1 Å². The van der Waals surface area contributed by atoms with E-state index in [0.717, 1.165) is 11.3 Å². The number of ether oxygens (including phenoxy) is 3. The molecule has 1 amide bonds. The molecule has 1 atom stereocenters. The largest absolute Gasteiger partial charge is 0.462 e. The van der Waals surface area contributed by atoms with E-state index in [9.17, 15) is 19.2 Å². The molecule has 3 aromatic rings. The highest BCUT2D eigenvalue weighted by Crippen LogP contribution is 2.28. The average molecular weight is 502 g/mol. The molecule has 2 heterocycles. The van der Waals surface area contributed by atoms with Crippen LogP contribution in [0.1, 0.15) is 51.9 Å². The summed E-state index contributed by atoms with van der Waals surface area (Å²) in [5.41, 5.74) is 0.726. The van der Waals surface area contributed by atoms with Crippen molar-refractivity contribution < 1.29 is 28.6 Å². The fourth-order valence-electron chi connectivity index (χ4n) is 3.51. The first-order chi connectivity index (χ1) is 16.8. The van der Waals surface area contributed by atoms with Gasteiger partial charge in [-0.15, -0.1) is 11.3 Å². The van der Waals surface area contributed by atoms with E-state index in [2.05, 4.69) is 10.3 Å². The van der Waals surface area contributed by atoms with Gasteiger partial charge in [-0.3, -0.25) is 14.2 Å². The molecular weight excluding hydrogens is 474 g/mol. The van der Waals surface area contributed by atoms with E-state index in [-0.39, 0.29) is 30.1 Å². The second kappa shape index (κ2) is 11.7. The van der Waals surface area contributed by atoms with Crippen molar-refractivity contribution in [2.45, 2.75) is 33.2 Å². The van der Waals surface area contributed by atoms with Gasteiger partial charge in [0, 0.05) is 12.8 Å². The Balaban J connectivity index is 1.88. The smallest absolute Gasteiger partial charge is 0.348 e. The van der Waals surface area contributed by atoms with Gasteiger partial charge in [0.1, 0.15) is 22.4 Å². The molecule has 2 aromatic heterocycles. The lowest BCUT2D eigenvalue weighted by Gasteiger charge is -2.18. The minimum atomic E-state index is -0.859. The summed E-state index contributed by atoms with van der Waals surface area (Å²) in [4.78, 5) is 55.8. The van der Waals surface area contributed by atoms with Gasteiger partial charge in [0.2, 0.25) is 5.91 Å². The lowest BCUT2D eigenvalue weighted by atomic mass is 10.1. The van der Waals surface area contributed by atoms with Crippen LogP contribution in [0.4, 0.5) is 5.69 Å². The van der Waals surface area contributed by atoms with Gasteiger partial charge in [0.25, 0.3) is 5.56 Å². The summed E-state index contributed by atoms with van der Waals surface area (Å²) in [5.74, 6) is -1.49. The number of methoxy groups -OCH3 is 1. The minimum absolute atomic E-state index is 0.0934. The zero-order valence-corrected chi connectivity index (χ0v) is 20.8. The molecule has 186 valence electrons. The summed E-state index contributed by atoms with van der Waals surface area (Å²) in [7, 11) is 1.50. The number of nitrogens with one attached hydrogen (secondary N) is 1. The van der Waals surface area contributed by atoms with Gasteiger partial charge in [0.15, 0.2) is 0 Å². The van der Waals surface area contributed by atoms with Crippen LogP contribution in [0.25, 0.3) is 10.2 Å². The fraction of sp³-hybridized carbons (Fsp3) is 0.375. The lowest BCUT2D eigenvalue weighted by Crippen LogP contribution is -2.33. The number of thiophene rings is 1. The van der Waals surface area contributed by atoms with Crippen LogP contribution in [-0.2, 0) is 19.0 Å². The number of benzene rings is 1. The van der Waals surface area contributed by atoms with Gasteiger partial charge in [-0.2, -0.15) is 0 Å². The van der Waals surface area contributed by atoms with Crippen molar-refractivity contribution >= 4 is 45.1 Å². The van der Waals surface area contributed by atoms with Crippen LogP contribution < -0.4 is 10.9 Å². The first-order valence-corrected chi connectivity index (χ1v) is 11.9. The number of fused-ring (bicyclic) bond motifs is 1. The number of esters is 2. The Morgan fingerprint density at radius 1 is 1.14 bits per heavy atom. The highest BCUT2D eigenvalue weighted by atomic mass is 32.1. The summed E-state index contributed by atoms with van der Waals surface area (Å²) in [6.07, 6.45) is 1.62. The molecule has 1 N–H and O–H groups in total. The molecule has 0 aliphatic heterocycles. The van der Waals surface area contributed by atoms with Crippen molar-refractivity contribution in [2.75, 3.05) is 32.2 Å². The first kappa shape index (κ1) is 26.0. The summed E-state index contributed by atoms with van der Waals surface area (Å²) in [5, 5.41) is 3.02. The molecule has 3 rings (SSSR count). The summed E-state index contributed by atoms with van der Waals surface area (Å²) >= 11 is 1.07. The monoisotopic (exact) mass is 501 g/mol. The Bertz CT molecular complexity index is 1300. The Morgan fingerprint density at radius 3 is 2.60 bits per heavy atom. The van der Waals surface area contributed by atoms with Crippen LogP contribution >= 0.6 is 11.3 Å². The second-order valence-corrected chi connectivity index (χ2v) is 8.54. The van der Waals surface area contributed by atoms with Gasteiger partial charge in [-0.1, -0.05) is 13.0 Å². The molecule has 11 heteroatoms. The number of anilines is 1. The van der Waals surface area contributed by atoms with Crippen molar-refractivity contribution in [3.8, 4) is 0 Å². The third-order valence-electron chi connectivity index (χ3n) is 5.25. The summed E-state index contributed by atoms with van der Waals surface area (Å²) < 4.78 is 16.3. The van der Waals surface area contributed by atoms with Crippen LogP contribution in [-0.4, -0.2) is 54.3 Å². The number of aromatic nitrogens is 2. The molecule has 0 bridgehead atoms. The number of hydrogen-bond donors (Lipinski definition) is 1. The molecule has 0 saturated heterocycles. The molecule has 0 aliphatic carbocycles. The van der Waals surface area contributed by atoms with Crippen LogP contribution in [0.3, 0.4) is 0 Å². The molecule has 1 unspecified atom stereocenters. The second-order valence-electron chi connectivity index (χ2n) is 7.54. The van der Waals surface area contributed by atoms with Crippen molar-refractivity contribution in [2.24, 2.45) is 0 Å². The van der Waals surface area contributed by atoms with Crippen molar-refractivity contribution in [1.29, 1.82) is 0 Å². The number of rotatable bonds is 10. The van der Waals surface area contributed by atoms with Gasteiger partial charge in [-0.25, -0.2) is 14.6 Å². The van der Waals surface area contributed by atoms with E-state index in [1.54, 1.807) is 39.0 Å². The molecule has 35 heavy (non-hydrogen) atoms. The molecule has 0 fully saturated rings. The Kier molecular flexibility index (Phi) is 8.72. The third kappa shape index (κ3) is 5.75. The molecule has 10 nitrogen and oxygen atoms in total. The lowest BCUT2D eigenvalue weighted by molar-refractivity contribution is -0.119. The molecular formula is C24H27N3O7S. The number of nitrogens with zero attached hydrogens (tertiary/aromatic N) is 2. The molecule has 0 radical (unpaired) electrons. The van der Waals surface area contributed by atoms with Crippen molar-refractivity contribution in [3.63, 3.8) is 0 Å². The van der Waals surface area contributed by atoms with E-state index in [4.69, 9.17) is 14.2 Å². The van der Waals surface area contributed by atoms with Gasteiger partial charge >= 0.3 is 11.9 Å². The number of aryl methyl sites for hydroxylation is 1. The van der Waals surface area contributed by atoms with E-state index < -0.39 is 29.4 Å². The van der Waals surface area contributed by atoms with Crippen LogP contribution in [0.15, 0.2) is 35.4 Å². The first-order valence-electron chi connectivity index (χ1n) is 11.1. The number of carbonyl (C=O) groups is 3. The summed E-state index contributed by atoms with van der Waals surface area (Å²) in [6.45, 7) is 5.73. The zero-order valence-electron chi connectivity index (χ0n) is 20.0. The quantitative estimate of drug-likeness (QED) is 0.331. The zero-order chi connectivity index (χ0) is 25.5. The van der Waals surface area contributed by atoms with E-state index in [1.807, 2.05) is 0 Å². The van der Waals surface area contributed by atoms with Gasteiger partial charge in [-0.05, 0) is 44.0 Å². The maximum Gasteiger partial charge on any atom is 0.348 e. The Labute approximate surface area is 205 Å². The highest BCUT2D eigenvalue weighted by molar-refractivity contribution is 7.20. The molecule has 1 aromatic carbocycles. The van der Waals surface area contributed by atoms with Crippen LogP contribution in [0, 0.1) is 6.92 Å². The Hall–Kier alpha value is -3.57. The standard InChI is InChI=1S/C24H27N3O7S/c1-5-17(20(28)26-16-9-7-8-15(12-16)23(30)33-6-2)27-13-25-21-18(22(27)29)14(3)19(35-21)24(31)34-11-10-32-4/h7-9,12-13,17H,5-6,10-11H2,1-4H3,(H,26,28). The number of hydrogen-bond acceptors (Lipinski definition) is 9. The van der Waals surface area contributed by atoms with Crippen molar-refractivity contribution in [3.05, 3.63) is 57.0 Å². The fourth-order valence-corrected chi connectivity index (χ4v) is 4.54. The van der Waals surface area contributed by atoms with Crippen LogP contribution in [0.2, 0.25) is 0 Å². The van der Waals surface area contributed by atoms with E-state index in [0.29, 0.717) is 28.1 Å². The normalized spacial score (nSPS) is 11.8. The predicted molar refractivity (Wildman–Crippen MR) is 131 cm³/mol. The number of carbonyl (C=O) groups excluding carboxylic acids is 3. The molecule has 0 spiro atoms. The minimum Gasteiger partial charge on any atom is -0.462 e. The predicted octanol–water partition coefficient (Wildman–Crippen LogP) is 3.34. The van der Waals surface area contributed by atoms with Crippen LogP contribution in [0.5, 0.6) is 0 Å². The van der Waals surface area contributed by atoms with E-state index >= 15 is 0 Å². The third-order valence-corrected chi connectivity index (χ3v) is 6.43. The number of amides is 1. The average Bonchev–Trinajstić information content (AvgIpc) is 3.18. The van der Waals surface area contributed by atoms with Gasteiger partial charge in [0.05, 0.1) is 30.5 Å². The molecule has 0 saturated carbocycles. The maximum absolute atomic E-state index is 13.3. The Morgan fingerprint density at radius 2 is 1.91 bits per heavy atom. The summed E-state index contributed by atoms with van der Waals surface area (Å²) in [6, 6.07) is 5.51. The highest BCUT2D eigenvalue weighted by Gasteiger charge is 2.25. The maximum atomic E-state index is 13.3. The van der Waals surface area contributed by atoms with Crippen molar-refractivity contribution in [1.82, 2.24) is 9.55 Å².